The molecule has 122 valence electrons. The summed E-state index contributed by atoms with van der Waals surface area (Å²) in [5, 5.41) is 21.7. The van der Waals surface area contributed by atoms with Crippen LogP contribution >= 0.6 is 11.3 Å². The van der Waals surface area contributed by atoms with Crippen LogP contribution in [0.25, 0.3) is 0 Å². The molecule has 0 spiro atoms. The molecular formula is C15H14F2N2O3S. The molecule has 1 aliphatic rings. The van der Waals surface area contributed by atoms with Crippen molar-refractivity contribution in [2.75, 3.05) is 0 Å². The molecule has 5 nitrogen and oxygen atoms in total. The number of aromatic nitrogens is 1. The van der Waals surface area contributed by atoms with Crippen molar-refractivity contribution in [1.82, 2.24) is 10.3 Å². The van der Waals surface area contributed by atoms with E-state index in [-0.39, 0.29) is 12.0 Å². The highest BCUT2D eigenvalue weighted by molar-refractivity contribution is 7.09. The third kappa shape index (κ3) is 2.91. The minimum atomic E-state index is -1.27. The van der Waals surface area contributed by atoms with Crippen molar-refractivity contribution < 1.29 is 23.8 Å². The molecule has 3 rings (SSSR count). The van der Waals surface area contributed by atoms with E-state index < -0.39 is 35.8 Å². The smallest absolute Gasteiger partial charge is 0.405 e. The normalized spacial score (nSPS) is 23.9. The van der Waals surface area contributed by atoms with E-state index in [1.807, 2.05) is 0 Å². The Labute approximate surface area is 134 Å². The zero-order valence-electron chi connectivity index (χ0n) is 11.9. The van der Waals surface area contributed by atoms with Gasteiger partial charge >= 0.3 is 6.09 Å². The number of rotatable bonds is 2. The predicted molar refractivity (Wildman–Crippen MR) is 79.3 cm³/mol. The zero-order valence-corrected chi connectivity index (χ0v) is 12.7. The van der Waals surface area contributed by atoms with Gasteiger partial charge in [-0.15, -0.1) is 11.3 Å². The topological polar surface area (TPSA) is 82.5 Å². The Hall–Kier alpha value is -2.06. The lowest BCUT2D eigenvalue weighted by molar-refractivity contribution is 0.160. The molecule has 0 bridgehead atoms. The van der Waals surface area contributed by atoms with Crippen LogP contribution in [0.3, 0.4) is 0 Å². The number of halogens is 2. The molecule has 0 fully saturated rings. The number of nitrogens with one attached hydrogen (secondary N) is 1. The first-order valence-electron chi connectivity index (χ1n) is 7.03. The number of nitrogens with zero attached hydrogens (tertiary/aromatic N) is 1. The van der Waals surface area contributed by atoms with Gasteiger partial charge in [0, 0.05) is 5.92 Å². The molecule has 8 heteroatoms. The molecule has 0 unspecified atom stereocenters. The number of carbonyl (C=O) groups is 1. The fourth-order valence-corrected chi connectivity index (χ4v) is 3.97. The van der Waals surface area contributed by atoms with E-state index in [0.29, 0.717) is 17.0 Å². The van der Waals surface area contributed by atoms with Crippen LogP contribution in [0.2, 0.25) is 0 Å². The number of thiazole rings is 1. The van der Waals surface area contributed by atoms with Gasteiger partial charge in [-0.3, -0.25) is 0 Å². The largest absolute Gasteiger partial charge is 0.465 e. The van der Waals surface area contributed by atoms with Crippen molar-refractivity contribution in [2.24, 2.45) is 0 Å². The van der Waals surface area contributed by atoms with Crippen LogP contribution in [0.15, 0.2) is 23.7 Å². The first-order valence-corrected chi connectivity index (χ1v) is 7.91. The Kier molecular flexibility index (Phi) is 4.27. The number of hydrogen-bond donors (Lipinski definition) is 3. The van der Waals surface area contributed by atoms with Gasteiger partial charge in [0.25, 0.3) is 0 Å². The summed E-state index contributed by atoms with van der Waals surface area (Å²) in [6.45, 7) is 0. The monoisotopic (exact) mass is 340 g/mol. The highest BCUT2D eigenvalue weighted by Gasteiger charge is 2.36. The fourth-order valence-electron chi connectivity index (χ4n) is 3.01. The van der Waals surface area contributed by atoms with Crippen LogP contribution in [0, 0.1) is 11.6 Å². The molecule has 1 aromatic carbocycles. The van der Waals surface area contributed by atoms with E-state index in [1.54, 1.807) is 0 Å². The van der Waals surface area contributed by atoms with Crippen molar-refractivity contribution >= 4 is 17.4 Å². The standard InChI is InChI=1S/C15H14F2N2O3S/c16-9-3-1-2-7(11(9)17)8-4-5-10(20)13-14(23-6-18-13)12(8)19-15(21)22/h1-3,6,8,10,12,19-20H,4-5H2,(H,21,22)/t8-,10-,12+/m1/s1. The molecular weight excluding hydrogens is 326 g/mol. The molecule has 0 radical (unpaired) electrons. The third-order valence-electron chi connectivity index (χ3n) is 4.04. The number of benzene rings is 1. The number of aliphatic hydroxyl groups is 1. The number of hydrogen-bond acceptors (Lipinski definition) is 4. The Balaban J connectivity index is 2.11. The maximum absolute atomic E-state index is 14.2. The minimum absolute atomic E-state index is 0.0946. The minimum Gasteiger partial charge on any atom is -0.465 e. The van der Waals surface area contributed by atoms with Crippen molar-refractivity contribution in [3.63, 3.8) is 0 Å². The lowest BCUT2D eigenvalue weighted by Gasteiger charge is -2.25. The van der Waals surface area contributed by atoms with Crippen molar-refractivity contribution in [1.29, 1.82) is 0 Å². The Morgan fingerprint density at radius 3 is 2.87 bits per heavy atom. The number of amides is 1. The second kappa shape index (κ2) is 6.21. The molecule has 1 aliphatic carbocycles. The summed E-state index contributed by atoms with van der Waals surface area (Å²) in [6.07, 6.45) is -1.53. The highest BCUT2D eigenvalue weighted by atomic mass is 32.1. The highest BCUT2D eigenvalue weighted by Crippen LogP contribution is 2.45. The summed E-state index contributed by atoms with van der Waals surface area (Å²) in [7, 11) is 0. The molecule has 0 saturated carbocycles. The van der Waals surface area contributed by atoms with Crippen LogP contribution in [-0.4, -0.2) is 21.3 Å². The van der Waals surface area contributed by atoms with Gasteiger partial charge in [-0.05, 0) is 24.5 Å². The van der Waals surface area contributed by atoms with Crippen LogP contribution < -0.4 is 5.32 Å². The van der Waals surface area contributed by atoms with Gasteiger partial charge in [-0.2, -0.15) is 0 Å². The summed E-state index contributed by atoms with van der Waals surface area (Å²) >= 11 is 1.19. The van der Waals surface area contributed by atoms with Crippen LogP contribution in [0.1, 0.15) is 47.0 Å². The van der Waals surface area contributed by atoms with Crippen LogP contribution in [0.5, 0.6) is 0 Å². The summed E-state index contributed by atoms with van der Waals surface area (Å²) in [5.74, 6) is -2.60. The SMILES string of the molecule is O=C(O)N[C@@H]1c2scnc2[C@H](O)CC[C@@H]1c1cccc(F)c1F. The van der Waals surface area contributed by atoms with Gasteiger partial charge in [0.15, 0.2) is 11.6 Å². The molecule has 0 saturated heterocycles. The molecule has 3 N–H and O–H groups in total. The maximum Gasteiger partial charge on any atom is 0.405 e. The maximum atomic E-state index is 14.2. The predicted octanol–water partition coefficient (Wildman–Crippen LogP) is 3.34. The Morgan fingerprint density at radius 1 is 1.35 bits per heavy atom. The zero-order chi connectivity index (χ0) is 16.6. The van der Waals surface area contributed by atoms with E-state index in [4.69, 9.17) is 5.11 Å². The van der Waals surface area contributed by atoms with Gasteiger partial charge < -0.3 is 15.5 Å². The Bertz CT molecular complexity index is 737. The van der Waals surface area contributed by atoms with Gasteiger partial charge in [-0.25, -0.2) is 18.6 Å². The fraction of sp³-hybridized carbons (Fsp3) is 0.333. The Morgan fingerprint density at radius 2 is 2.13 bits per heavy atom. The number of fused-ring (bicyclic) bond motifs is 1. The summed E-state index contributed by atoms with van der Waals surface area (Å²) in [5.41, 5.74) is 2.00. The summed E-state index contributed by atoms with van der Waals surface area (Å²) < 4.78 is 27.8. The van der Waals surface area contributed by atoms with Gasteiger partial charge in [0.1, 0.15) is 0 Å². The van der Waals surface area contributed by atoms with E-state index in [2.05, 4.69) is 10.3 Å². The van der Waals surface area contributed by atoms with Crippen molar-refractivity contribution in [2.45, 2.75) is 30.9 Å². The molecule has 2 aromatic rings. The molecule has 1 heterocycles. The van der Waals surface area contributed by atoms with Gasteiger partial charge in [-0.1, -0.05) is 12.1 Å². The first-order chi connectivity index (χ1) is 11.0. The average molecular weight is 340 g/mol. The second-order valence-corrected chi connectivity index (χ2v) is 6.26. The van der Waals surface area contributed by atoms with Crippen LogP contribution in [-0.2, 0) is 0 Å². The van der Waals surface area contributed by atoms with E-state index in [9.17, 15) is 18.7 Å². The quantitative estimate of drug-likeness (QED) is 0.732. The average Bonchev–Trinajstić information content (AvgIpc) is 2.94. The van der Waals surface area contributed by atoms with Crippen molar-refractivity contribution in [3.8, 4) is 0 Å². The lowest BCUT2D eigenvalue weighted by Crippen LogP contribution is -2.31. The van der Waals surface area contributed by atoms with Gasteiger partial charge in [0.2, 0.25) is 0 Å². The number of aliphatic hydroxyl groups excluding tert-OH is 1. The van der Waals surface area contributed by atoms with Crippen molar-refractivity contribution in [3.05, 3.63) is 51.5 Å². The third-order valence-corrected chi connectivity index (χ3v) is 4.96. The second-order valence-electron chi connectivity index (χ2n) is 5.37. The van der Waals surface area contributed by atoms with E-state index in [1.165, 1.54) is 29.0 Å². The summed E-state index contributed by atoms with van der Waals surface area (Å²) in [6, 6.07) is 3.06. The molecule has 0 aliphatic heterocycles. The van der Waals surface area contributed by atoms with Gasteiger partial charge in [0.05, 0.1) is 28.2 Å². The molecule has 3 atom stereocenters. The lowest BCUT2D eigenvalue weighted by atomic mass is 9.87. The molecule has 1 amide bonds. The molecule has 23 heavy (non-hydrogen) atoms. The molecule has 1 aromatic heterocycles. The summed E-state index contributed by atoms with van der Waals surface area (Å²) in [4.78, 5) is 15.8. The first kappa shape index (κ1) is 15.8. The van der Waals surface area contributed by atoms with E-state index in [0.717, 1.165) is 6.07 Å². The van der Waals surface area contributed by atoms with Crippen LogP contribution in [0.4, 0.5) is 13.6 Å². The number of carboxylic acid groups (broad SMARTS) is 1. The van der Waals surface area contributed by atoms with E-state index >= 15 is 0 Å².